The van der Waals surface area contributed by atoms with Crippen molar-refractivity contribution in [1.29, 1.82) is 0 Å². The zero-order valence-corrected chi connectivity index (χ0v) is 12.9. The molecule has 1 atom stereocenters. The first-order valence-corrected chi connectivity index (χ1v) is 8.08. The van der Waals surface area contributed by atoms with Crippen molar-refractivity contribution >= 4 is 17.7 Å². The van der Waals surface area contributed by atoms with Crippen LogP contribution in [0.4, 0.5) is 0 Å². The minimum atomic E-state index is -0.0438. The van der Waals surface area contributed by atoms with Gasteiger partial charge >= 0.3 is 0 Å². The number of thioether (sulfide) groups is 1. The highest BCUT2D eigenvalue weighted by atomic mass is 32.2. The number of rotatable bonds is 5. The summed E-state index contributed by atoms with van der Waals surface area (Å²) in [6.45, 7) is 4.07. The lowest BCUT2D eigenvalue weighted by molar-refractivity contribution is -0.131. The second-order valence-electron chi connectivity index (χ2n) is 5.01. The number of benzene rings is 1. The summed E-state index contributed by atoms with van der Waals surface area (Å²) in [5, 5.41) is 3.26. The first-order valence-electron chi connectivity index (χ1n) is 6.92. The standard InChI is InChI=1S/C15H22N2O2S/c1-12-4-3-5-13(10-12)19-8-7-17(2)15(18)14-11-20-9-6-16-14/h3-5,10,14,16H,6-9,11H2,1-2H3. The molecule has 1 amide bonds. The maximum atomic E-state index is 12.2. The Hall–Kier alpha value is -1.20. The van der Waals surface area contributed by atoms with Crippen molar-refractivity contribution in [2.75, 3.05) is 38.2 Å². The van der Waals surface area contributed by atoms with Gasteiger partial charge in [-0.15, -0.1) is 0 Å². The van der Waals surface area contributed by atoms with E-state index in [2.05, 4.69) is 5.32 Å². The average molecular weight is 294 g/mol. The van der Waals surface area contributed by atoms with Crippen molar-refractivity contribution < 1.29 is 9.53 Å². The molecule has 2 rings (SSSR count). The van der Waals surface area contributed by atoms with Gasteiger partial charge in [-0.1, -0.05) is 12.1 Å². The smallest absolute Gasteiger partial charge is 0.240 e. The molecule has 1 fully saturated rings. The van der Waals surface area contributed by atoms with Crippen LogP contribution in [0.15, 0.2) is 24.3 Å². The van der Waals surface area contributed by atoms with E-state index in [0.717, 1.165) is 23.8 Å². The summed E-state index contributed by atoms with van der Waals surface area (Å²) in [6, 6.07) is 7.91. The number of carbonyl (C=O) groups excluding carboxylic acids is 1. The Morgan fingerprint density at radius 3 is 3.10 bits per heavy atom. The van der Waals surface area contributed by atoms with Crippen LogP contribution in [-0.2, 0) is 4.79 Å². The monoisotopic (exact) mass is 294 g/mol. The Morgan fingerprint density at radius 2 is 2.40 bits per heavy atom. The fraction of sp³-hybridized carbons (Fsp3) is 0.533. The normalized spacial score (nSPS) is 18.6. The van der Waals surface area contributed by atoms with Crippen LogP contribution >= 0.6 is 11.8 Å². The zero-order valence-electron chi connectivity index (χ0n) is 12.1. The minimum absolute atomic E-state index is 0.0438. The summed E-state index contributed by atoms with van der Waals surface area (Å²) < 4.78 is 5.68. The number of hydrogen-bond acceptors (Lipinski definition) is 4. The molecule has 5 heteroatoms. The summed E-state index contributed by atoms with van der Waals surface area (Å²) in [7, 11) is 1.84. The average Bonchev–Trinajstić information content (AvgIpc) is 2.47. The number of hydrogen-bond donors (Lipinski definition) is 1. The predicted octanol–water partition coefficient (Wildman–Crippen LogP) is 1.54. The van der Waals surface area contributed by atoms with Crippen LogP contribution in [0.5, 0.6) is 5.75 Å². The van der Waals surface area contributed by atoms with E-state index >= 15 is 0 Å². The Bertz CT molecular complexity index is 447. The molecule has 1 aromatic carbocycles. The number of nitrogens with one attached hydrogen (secondary N) is 1. The molecule has 0 saturated carbocycles. The highest BCUT2D eigenvalue weighted by Crippen LogP contribution is 2.12. The van der Waals surface area contributed by atoms with Crippen LogP contribution in [0.2, 0.25) is 0 Å². The Kier molecular flexibility index (Phi) is 5.73. The highest BCUT2D eigenvalue weighted by molar-refractivity contribution is 7.99. The van der Waals surface area contributed by atoms with Crippen molar-refractivity contribution in [3.05, 3.63) is 29.8 Å². The van der Waals surface area contributed by atoms with Crippen LogP contribution in [-0.4, -0.2) is 55.1 Å². The quantitative estimate of drug-likeness (QED) is 0.894. The van der Waals surface area contributed by atoms with Gasteiger partial charge in [0.25, 0.3) is 0 Å². The van der Waals surface area contributed by atoms with Crippen molar-refractivity contribution in [3.63, 3.8) is 0 Å². The third-order valence-electron chi connectivity index (χ3n) is 3.28. The molecule has 0 radical (unpaired) electrons. The topological polar surface area (TPSA) is 41.6 Å². The molecule has 1 N–H and O–H groups in total. The zero-order chi connectivity index (χ0) is 14.4. The van der Waals surface area contributed by atoms with Gasteiger partial charge in [-0.2, -0.15) is 11.8 Å². The molecular formula is C15H22N2O2S. The highest BCUT2D eigenvalue weighted by Gasteiger charge is 2.23. The van der Waals surface area contributed by atoms with E-state index in [1.807, 2.05) is 50.0 Å². The van der Waals surface area contributed by atoms with Crippen LogP contribution in [0.1, 0.15) is 5.56 Å². The molecule has 4 nitrogen and oxygen atoms in total. The van der Waals surface area contributed by atoms with Crippen LogP contribution in [0.25, 0.3) is 0 Å². The molecule has 1 saturated heterocycles. The van der Waals surface area contributed by atoms with Gasteiger partial charge in [0.15, 0.2) is 0 Å². The van der Waals surface area contributed by atoms with Crippen molar-refractivity contribution in [2.24, 2.45) is 0 Å². The fourth-order valence-corrected chi connectivity index (χ4v) is 3.03. The lowest BCUT2D eigenvalue weighted by Crippen LogP contribution is -2.50. The number of carbonyl (C=O) groups is 1. The van der Waals surface area contributed by atoms with Gasteiger partial charge < -0.3 is 15.0 Å². The molecule has 0 aromatic heterocycles. The summed E-state index contributed by atoms with van der Waals surface area (Å²) >= 11 is 1.83. The van der Waals surface area contributed by atoms with Gasteiger partial charge in [0, 0.05) is 25.1 Å². The first kappa shape index (κ1) is 15.2. The number of aryl methyl sites for hydroxylation is 1. The van der Waals surface area contributed by atoms with Crippen LogP contribution < -0.4 is 10.1 Å². The third-order valence-corrected chi connectivity index (χ3v) is 4.34. The van der Waals surface area contributed by atoms with E-state index in [1.54, 1.807) is 4.90 Å². The molecule has 1 aliphatic rings. The number of ether oxygens (including phenoxy) is 1. The summed E-state index contributed by atoms with van der Waals surface area (Å²) in [4.78, 5) is 13.9. The Morgan fingerprint density at radius 1 is 1.55 bits per heavy atom. The fourth-order valence-electron chi connectivity index (χ4n) is 2.11. The molecule has 1 aromatic rings. The molecule has 110 valence electrons. The van der Waals surface area contributed by atoms with Crippen LogP contribution in [0, 0.1) is 6.92 Å². The molecule has 0 bridgehead atoms. The van der Waals surface area contributed by atoms with E-state index in [0.29, 0.717) is 13.2 Å². The maximum Gasteiger partial charge on any atom is 0.240 e. The van der Waals surface area contributed by atoms with Gasteiger partial charge in [0.1, 0.15) is 12.4 Å². The lowest BCUT2D eigenvalue weighted by Gasteiger charge is -2.27. The van der Waals surface area contributed by atoms with Crippen LogP contribution in [0.3, 0.4) is 0 Å². The van der Waals surface area contributed by atoms with E-state index in [1.165, 1.54) is 5.56 Å². The van der Waals surface area contributed by atoms with Gasteiger partial charge in [0.2, 0.25) is 5.91 Å². The molecule has 0 spiro atoms. The largest absolute Gasteiger partial charge is 0.492 e. The minimum Gasteiger partial charge on any atom is -0.492 e. The van der Waals surface area contributed by atoms with E-state index < -0.39 is 0 Å². The molecule has 0 aliphatic carbocycles. The van der Waals surface area contributed by atoms with Crippen molar-refractivity contribution in [1.82, 2.24) is 10.2 Å². The van der Waals surface area contributed by atoms with Gasteiger partial charge in [-0.25, -0.2) is 0 Å². The number of likely N-dealkylation sites (N-methyl/N-ethyl adjacent to an activating group) is 1. The SMILES string of the molecule is Cc1cccc(OCCN(C)C(=O)C2CSCCN2)c1. The van der Waals surface area contributed by atoms with Crippen molar-refractivity contribution in [2.45, 2.75) is 13.0 Å². The Labute approximate surface area is 124 Å². The molecule has 1 aliphatic heterocycles. The van der Waals surface area contributed by atoms with E-state index in [9.17, 15) is 4.79 Å². The predicted molar refractivity (Wildman–Crippen MR) is 83.4 cm³/mol. The second-order valence-corrected chi connectivity index (χ2v) is 6.16. The molecule has 20 heavy (non-hydrogen) atoms. The van der Waals surface area contributed by atoms with Gasteiger partial charge in [-0.05, 0) is 24.6 Å². The summed E-state index contributed by atoms with van der Waals surface area (Å²) in [5.41, 5.74) is 1.18. The third kappa shape index (κ3) is 4.42. The molecule has 1 unspecified atom stereocenters. The lowest BCUT2D eigenvalue weighted by atomic mass is 10.2. The Balaban J connectivity index is 1.74. The number of amides is 1. The van der Waals surface area contributed by atoms with E-state index in [4.69, 9.17) is 4.74 Å². The molecule has 1 heterocycles. The van der Waals surface area contributed by atoms with Crippen molar-refractivity contribution in [3.8, 4) is 5.75 Å². The number of nitrogens with zero attached hydrogens (tertiary/aromatic N) is 1. The molecular weight excluding hydrogens is 272 g/mol. The first-order chi connectivity index (χ1) is 9.66. The maximum absolute atomic E-state index is 12.2. The summed E-state index contributed by atoms with van der Waals surface area (Å²) in [5.74, 6) is 2.97. The second kappa shape index (κ2) is 7.55. The van der Waals surface area contributed by atoms with Gasteiger partial charge in [0.05, 0.1) is 12.6 Å². The summed E-state index contributed by atoms with van der Waals surface area (Å²) in [6.07, 6.45) is 0. The van der Waals surface area contributed by atoms with E-state index in [-0.39, 0.29) is 11.9 Å². The van der Waals surface area contributed by atoms with Gasteiger partial charge in [-0.3, -0.25) is 4.79 Å².